The average Bonchev–Trinajstić information content (AvgIpc) is 2.66. The van der Waals surface area contributed by atoms with Crippen LogP contribution in [-0.2, 0) is 4.79 Å². The molecule has 0 saturated carbocycles. The van der Waals surface area contributed by atoms with Gasteiger partial charge in [-0.1, -0.05) is 74.5 Å². The first kappa shape index (κ1) is 18.2. The molecule has 0 fully saturated rings. The van der Waals surface area contributed by atoms with Crippen molar-refractivity contribution in [2.75, 3.05) is 11.9 Å². The summed E-state index contributed by atoms with van der Waals surface area (Å²) in [6.45, 7) is 6.83. The lowest BCUT2D eigenvalue weighted by atomic mass is 9.99. The number of hydrogen-bond donors (Lipinski definition) is 2. The normalized spacial score (nSPS) is 12.3. The molecule has 26 heavy (non-hydrogen) atoms. The number of benzene rings is 3. The largest absolute Gasteiger partial charge is 0.332 e. The second kappa shape index (κ2) is 8.15. The number of carbonyl (C=O) groups excluding carboxylic acids is 1. The highest BCUT2D eigenvalue weighted by Crippen LogP contribution is 2.24. The number of carbonyl (C=O) groups is 1. The van der Waals surface area contributed by atoms with E-state index in [0.717, 1.165) is 5.69 Å². The smallest absolute Gasteiger partial charge is 0.279 e. The molecule has 1 atom stereocenters. The fourth-order valence-corrected chi connectivity index (χ4v) is 3.37. The zero-order chi connectivity index (χ0) is 18.5. The highest BCUT2D eigenvalue weighted by molar-refractivity contribution is 5.92. The molecule has 0 aliphatic carbocycles. The highest BCUT2D eigenvalue weighted by Gasteiger charge is 2.15. The molecular formula is C23H27N2O+. The minimum atomic E-state index is 0.0326. The molecule has 0 spiro atoms. The molecule has 0 unspecified atom stereocenters. The van der Waals surface area contributed by atoms with Crippen LogP contribution in [0.15, 0.2) is 66.7 Å². The number of amides is 1. The minimum Gasteiger partial charge on any atom is -0.332 e. The molecule has 0 aliphatic heterocycles. The van der Waals surface area contributed by atoms with Gasteiger partial charge in [0.25, 0.3) is 5.91 Å². The first-order valence-corrected chi connectivity index (χ1v) is 9.26. The number of nitrogens with two attached hydrogens (primary N) is 1. The number of nitrogens with one attached hydrogen (secondary N) is 1. The van der Waals surface area contributed by atoms with Gasteiger partial charge in [-0.3, -0.25) is 4.79 Å². The molecule has 3 aromatic carbocycles. The van der Waals surface area contributed by atoms with Crippen molar-refractivity contribution in [2.45, 2.75) is 32.7 Å². The van der Waals surface area contributed by atoms with E-state index in [1.807, 2.05) is 18.2 Å². The number of anilines is 1. The lowest BCUT2D eigenvalue weighted by Crippen LogP contribution is -2.86. The van der Waals surface area contributed by atoms with Gasteiger partial charge >= 0.3 is 0 Å². The predicted octanol–water partition coefficient (Wildman–Crippen LogP) is 4.23. The Morgan fingerprint density at radius 3 is 2.35 bits per heavy atom. The molecule has 3 aromatic rings. The maximum absolute atomic E-state index is 12.4. The molecule has 0 saturated heterocycles. The van der Waals surface area contributed by atoms with Crippen molar-refractivity contribution in [1.29, 1.82) is 0 Å². The maximum Gasteiger partial charge on any atom is 0.279 e. The summed E-state index contributed by atoms with van der Waals surface area (Å²) >= 11 is 0. The molecule has 0 aromatic heterocycles. The van der Waals surface area contributed by atoms with Crippen LogP contribution in [0.5, 0.6) is 0 Å². The summed E-state index contributed by atoms with van der Waals surface area (Å²) in [4.78, 5) is 12.4. The number of hydrogen-bond acceptors (Lipinski definition) is 1. The summed E-state index contributed by atoms with van der Waals surface area (Å²) in [7, 11) is 0. The van der Waals surface area contributed by atoms with Gasteiger partial charge in [-0.2, -0.15) is 0 Å². The Bertz CT molecular complexity index is 896. The second-order valence-electron chi connectivity index (χ2n) is 7.09. The summed E-state index contributed by atoms with van der Waals surface area (Å²) < 4.78 is 0. The molecule has 134 valence electrons. The van der Waals surface area contributed by atoms with Crippen LogP contribution in [0.25, 0.3) is 10.8 Å². The van der Waals surface area contributed by atoms with Crippen LogP contribution in [0.1, 0.15) is 43.9 Å². The third-order valence-electron chi connectivity index (χ3n) is 4.83. The van der Waals surface area contributed by atoms with Crippen molar-refractivity contribution in [3.8, 4) is 0 Å². The van der Waals surface area contributed by atoms with Gasteiger partial charge in [0.15, 0.2) is 6.54 Å². The van der Waals surface area contributed by atoms with E-state index >= 15 is 0 Å². The van der Waals surface area contributed by atoms with E-state index in [1.165, 1.54) is 21.9 Å². The van der Waals surface area contributed by atoms with Crippen molar-refractivity contribution in [2.24, 2.45) is 0 Å². The Labute approximate surface area is 155 Å². The quantitative estimate of drug-likeness (QED) is 0.689. The zero-order valence-electron chi connectivity index (χ0n) is 15.7. The first-order chi connectivity index (χ1) is 12.6. The topological polar surface area (TPSA) is 45.7 Å². The van der Waals surface area contributed by atoms with Gasteiger partial charge in [-0.15, -0.1) is 0 Å². The summed E-state index contributed by atoms with van der Waals surface area (Å²) in [5, 5.41) is 7.65. The van der Waals surface area contributed by atoms with E-state index in [9.17, 15) is 4.79 Å². The maximum atomic E-state index is 12.4. The predicted molar refractivity (Wildman–Crippen MR) is 108 cm³/mol. The van der Waals surface area contributed by atoms with Crippen molar-refractivity contribution in [1.82, 2.24) is 0 Å². The number of quaternary nitrogens is 1. The van der Waals surface area contributed by atoms with E-state index in [1.54, 1.807) is 0 Å². The molecule has 3 heteroatoms. The van der Waals surface area contributed by atoms with Crippen molar-refractivity contribution < 1.29 is 10.1 Å². The zero-order valence-corrected chi connectivity index (χ0v) is 15.7. The van der Waals surface area contributed by atoms with Crippen LogP contribution in [0, 0.1) is 0 Å². The number of rotatable bonds is 6. The fraction of sp³-hybridized carbons (Fsp3) is 0.261. The van der Waals surface area contributed by atoms with E-state index in [2.05, 4.69) is 79.9 Å². The molecular weight excluding hydrogens is 320 g/mol. The van der Waals surface area contributed by atoms with Crippen LogP contribution in [0.2, 0.25) is 0 Å². The molecule has 3 N–H and O–H groups in total. The van der Waals surface area contributed by atoms with Crippen LogP contribution in [0.4, 0.5) is 5.69 Å². The fourth-order valence-electron chi connectivity index (χ4n) is 3.37. The van der Waals surface area contributed by atoms with E-state index in [0.29, 0.717) is 12.5 Å². The highest BCUT2D eigenvalue weighted by atomic mass is 16.1. The summed E-state index contributed by atoms with van der Waals surface area (Å²) in [5.74, 6) is 0.412. The molecule has 0 bridgehead atoms. The Morgan fingerprint density at radius 2 is 1.54 bits per heavy atom. The average molecular weight is 347 g/mol. The third-order valence-corrected chi connectivity index (χ3v) is 4.83. The molecule has 0 heterocycles. The van der Waals surface area contributed by atoms with Gasteiger partial charge < -0.3 is 10.6 Å². The molecule has 3 nitrogen and oxygen atoms in total. The number of fused-ring (bicyclic) bond motifs is 1. The van der Waals surface area contributed by atoms with E-state index in [-0.39, 0.29) is 11.9 Å². The summed E-state index contributed by atoms with van der Waals surface area (Å²) in [5.41, 5.74) is 3.35. The van der Waals surface area contributed by atoms with Gasteiger partial charge in [0.1, 0.15) is 6.04 Å². The molecule has 1 amide bonds. The SMILES string of the molecule is CC(C)c1ccccc1NC(=O)C[NH2+][C@H](C)c1cccc2ccccc12. The third kappa shape index (κ3) is 4.12. The van der Waals surface area contributed by atoms with Crippen molar-refractivity contribution >= 4 is 22.4 Å². The monoisotopic (exact) mass is 347 g/mol. The second-order valence-corrected chi connectivity index (χ2v) is 7.09. The van der Waals surface area contributed by atoms with Gasteiger partial charge in [0, 0.05) is 11.3 Å². The van der Waals surface area contributed by atoms with Crippen LogP contribution < -0.4 is 10.6 Å². The van der Waals surface area contributed by atoms with Gasteiger partial charge in [-0.05, 0) is 35.2 Å². The van der Waals surface area contributed by atoms with Crippen LogP contribution >= 0.6 is 0 Å². The van der Waals surface area contributed by atoms with E-state index in [4.69, 9.17) is 0 Å². The Morgan fingerprint density at radius 1 is 0.885 bits per heavy atom. The van der Waals surface area contributed by atoms with Crippen molar-refractivity contribution in [3.63, 3.8) is 0 Å². The first-order valence-electron chi connectivity index (χ1n) is 9.26. The van der Waals surface area contributed by atoms with Crippen LogP contribution in [0.3, 0.4) is 0 Å². The minimum absolute atomic E-state index is 0.0326. The van der Waals surface area contributed by atoms with Crippen LogP contribution in [-0.4, -0.2) is 12.5 Å². The summed E-state index contributed by atoms with van der Waals surface area (Å²) in [6, 6.07) is 23.0. The van der Waals surface area contributed by atoms with Gasteiger partial charge in [0.2, 0.25) is 0 Å². The Balaban J connectivity index is 1.66. The van der Waals surface area contributed by atoms with Gasteiger partial charge in [0.05, 0.1) is 0 Å². The standard InChI is InChI=1S/C23H26N2O/c1-16(2)19-11-6-7-14-22(19)25-23(26)15-24-17(3)20-13-8-10-18-9-4-5-12-21(18)20/h4-14,16-17,24H,15H2,1-3H3,(H,25,26)/p+1/t17-/m1/s1. The molecule has 0 radical (unpaired) electrons. The Kier molecular flexibility index (Phi) is 5.69. The van der Waals surface area contributed by atoms with Gasteiger partial charge in [-0.25, -0.2) is 0 Å². The lowest BCUT2D eigenvalue weighted by molar-refractivity contribution is -0.682. The summed E-state index contributed by atoms with van der Waals surface area (Å²) in [6.07, 6.45) is 0. The van der Waals surface area contributed by atoms with E-state index < -0.39 is 0 Å². The number of para-hydroxylation sites is 1. The molecule has 0 aliphatic rings. The van der Waals surface area contributed by atoms with Crippen molar-refractivity contribution in [3.05, 3.63) is 77.9 Å². The lowest BCUT2D eigenvalue weighted by Gasteiger charge is -2.15. The Hall–Kier alpha value is -2.65. The molecule has 3 rings (SSSR count).